The molecule has 0 atom stereocenters. The Balaban J connectivity index is 1.87. The van der Waals surface area contributed by atoms with E-state index in [1.165, 1.54) is 16.8 Å². The van der Waals surface area contributed by atoms with Crippen LogP contribution in [0.2, 0.25) is 0 Å². The molecule has 0 aliphatic rings. The van der Waals surface area contributed by atoms with Crippen molar-refractivity contribution in [1.29, 1.82) is 0 Å². The van der Waals surface area contributed by atoms with E-state index in [9.17, 15) is 13.6 Å². The van der Waals surface area contributed by atoms with Crippen LogP contribution >= 0.6 is 0 Å². The highest BCUT2D eigenvalue weighted by molar-refractivity contribution is 5.51. The molecule has 0 amide bonds. The van der Waals surface area contributed by atoms with Crippen molar-refractivity contribution in [3.63, 3.8) is 0 Å². The molecule has 23 heavy (non-hydrogen) atoms. The summed E-state index contributed by atoms with van der Waals surface area (Å²) in [6.07, 6.45) is -1.31. The van der Waals surface area contributed by atoms with Gasteiger partial charge >= 0.3 is 6.43 Å². The molecule has 0 fully saturated rings. The highest BCUT2D eigenvalue weighted by Crippen LogP contribution is 2.22. The molecule has 0 spiro atoms. The molecular weight excluding hydrogens is 306 g/mol. The molecule has 118 valence electrons. The normalized spacial score (nSPS) is 11.1. The SMILES string of the molecule is Cc1cccc(Cn2ccc(-c3nnc(C(F)F)o3)cc2=O)n1. The summed E-state index contributed by atoms with van der Waals surface area (Å²) >= 11 is 0. The lowest BCUT2D eigenvalue weighted by Gasteiger charge is -2.06. The lowest BCUT2D eigenvalue weighted by Crippen LogP contribution is -2.19. The standard InChI is InChI=1S/C15H12F2N4O2/c1-9-3-2-4-11(18-9)8-21-6-5-10(7-12(21)22)14-19-20-15(23-14)13(16)17/h2-7,13H,8H2,1H3. The molecule has 3 aromatic rings. The number of nitrogens with zero attached hydrogens (tertiary/aromatic N) is 4. The number of alkyl halides is 2. The van der Waals surface area contributed by atoms with Crippen molar-refractivity contribution in [2.24, 2.45) is 0 Å². The van der Waals surface area contributed by atoms with Crippen LogP contribution in [-0.4, -0.2) is 19.7 Å². The first-order valence-electron chi connectivity index (χ1n) is 6.78. The average Bonchev–Trinajstić information content (AvgIpc) is 2.99. The maximum Gasteiger partial charge on any atom is 0.314 e. The van der Waals surface area contributed by atoms with Crippen LogP contribution in [0.3, 0.4) is 0 Å². The second kappa shape index (κ2) is 6.07. The van der Waals surface area contributed by atoms with Crippen molar-refractivity contribution < 1.29 is 13.2 Å². The van der Waals surface area contributed by atoms with Gasteiger partial charge in [-0.15, -0.1) is 10.2 Å². The number of rotatable bonds is 4. The maximum atomic E-state index is 12.4. The first-order chi connectivity index (χ1) is 11.0. The predicted octanol–water partition coefficient (Wildman–Crippen LogP) is 2.59. The molecule has 3 heterocycles. The van der Waals surface area contributed by atoms with Gasteiger partial charge in [0.15, 0.2) is 0 Å². The van der Waals surface area contributed by atoms with Crippen LogP contribution in [0.4, 0.5) is 8.78 Å². The van der Waals surface area contributed by atoms with Crippen LogP contribution < -0.4 is 5.56 Å². The Bertz CT molecular complexity index is 889. The van der Waals surface area contributed by atoms with Crippen LogP contribution in [0.25, 0.3) is 11.5 Å². The van der Waals surface area contributed by atoms with E-state index < -0.39 is 12.3 Å². The lowest BCUT2D eigenvalue weighted by atomic mass is 10.2. The Kier molecular flexibility index (Phi) is 3.96. The van der Waals surface area contributed by atoms with Crippen LogP contribution in [0.1, 0.15) is 23.7 Å². The van der Waals surface area contributed by atoms with Gasteiger partial charge in [-0.05, 0) is 25.1 Å². The zero-order valence-electron chi connectivity index (χ0n) is 12.1. The van der Waals surface area contributed by atoms with Crippen molar-refractivity contribution in [2.45, 2.75) is 19.9 Å². The minimum Gasteiger partial charge on any atom is -0.415 e. The predicted molar refractivity (Wildman–Crippen MR) is 77.0 cm³/mol. The van der Waals surface area contributed by atoms with E-state index in [1.54, 1.807) is 6.07 Å². The third-order valence-corrected chi connectivity index (χ3v) is 3.15. The molecule has 0 N–H and O–H groups in total. The topological polar surface area (TPSA) is 73.8 Å². The number of hydrogen-bond donors (Lipinski definition) is 0. The quantitative estimate of drug-likeness (QED) is 0.739. The minimum atomic E-state index is -2.84. The van der Waals surface area contributed by atoms with Crippen molar-refractivity contribution in [3.8, 4) is 11.5 Å². The Morgan fingerprint density at radius 1 is 1.26 bits per heavy atom. The summed E-state index contributed by atoms with van der Waals surface area (Å²) in [4.78, 5) is 16.5. The van der Waals surface area contributed by atoms with E-state index in [0.717, 1.165) is 11.4 Å². The highest BCUT2D eigenvalue weighted by atomic mass is 19.3. The summed E-state index contributed by atoms with van der Waals surface area (Å²) in [6, 6.07) is 8.37. The first kappa shape index (κ1) is 15.0. The van der Waals surface area contributed by atoms with Gasteiger partial charge in [-0.1, -0.05) is 6.07 Å². The molecule has 0 aromatic carbocycles. The molecule has 0 aliphatic heterocycles. The van der Waals surface area contributed by atoms with Gasteiger partial charge in [0, 0.05) is 23.5 Å². The Labute approximate surface area is 129 Å². The van der Waals surface area contributed by atoms with E-state index in [4.69, 9.17) is 4.42 Å². The number of aromatic nitrogens is 4. The molecule has 3 rings (SSSR count). The molecule has 8 heteroatoms. The van der Waals surface area contributed by atoms with Crippen molar-refractivity contribution in [2.75, 3.05) is 0 Å². The first-order valence-corrected chi connectivity index (χ1v) is 6.78. The fourth-order valence-corrected chi connectivity index (χ4v) is 2.07. The van der Waals surface area contributed by atoms with E-state index in [2.05, 4.69) is 15.2 Å². The average molecular weight is 318 g/mol. The molecule has 0 bridgehead atoms. The van der Waals surface area contributed by atoms with Gasteiger partial charge in [0.2, 0.25) is 5.89 Å². The van der Waals surface area contributed by atoms with Crippen molar-refractivity contribution in [1.82, 2.24) is 19.7 Å². The number of halogens is 2. The molecular formula is C15H12F2N4O2. The van der Waals surface area contributed by atoms with Gasteiger partial charge < -0.3 is 8.98 Å². The third-order valence-electron chi connectivity index (χ3n) is 3.15. The summed E-state index contributed by atoms with van der Waals surface area (Å²) in [5.41, 5.74) is 1.58. The smallest absolute Gasteiger partial charge is 0.314 e. The Morgan fingerprint density at radius 3 is 2.74 bits per heavy atom. The van der Waals surface area contributed by atoms with E-state index in [-0.39, 0.29) is 11.4 Å². The van der Waals surface area contributed by atoms with Gasteiger partial charge in [-0.2, -0.15) is 8.78 Å². The zero-order valence-corrected chi connectivity index (χ0v) is 12.1. The van der Waals surface area contributed by atoms with Crippen LogP contribution in [0.5, 0.6) is 0 Å². The van der Waals surface area contributed by atoms with E-state index in [1.807, 2.05) is 25.1 Å². The minimum absolute atomic E-state index is 0.113. The summed E-state index contributed by atoms with van der Waals surface area (Å²) in [6.45, 7) is 2.18. The Hall–Kier alpha value is -2.90. The van der Waals surface area contributed by atoms with Crippen LogP contribution in [-0.2, 0) is 6.54 Å². The van der Waals surface area contributed by atoms with Crippen molar-refractivity contribution >= 4 is 0 Å². The third kappa shape index (κ3) is 3.31. The summed E-state index contributed by atoms with van der Waals surface area (Å²) < 4.78 is 31.2. The highest BCUT2D eigenvalue weighted by Gasteiger charge is 2.17. The second-order valence-electron chi connectivity index (χ2n) is 4.90. The van der Waals surface area contributed by atoms with Gasteiger partial charge in [0.25, 0.3) is 11.4 Å². The second-order valence-corrected chi connectivity index (χ2v) is 4.90. The molecule has 6 nitrogen and oxygen atoms in total. The summed E-state index contributed by atoms with van der Waals surface area (Å²) in [5.74, 6) is -0.883. The number of hydrogen-bond acceptors (Lipinski definition) is 5. The summed E-state index contributed by atoms with van der Waals surface area (Å²) in [7, 11) is 0. The maximum absolute atomic E-state index is 12.4. The van der Waals surface area contributed by atoms with Crippen LogP contribution in [0, 0.1) is 6.92 Å². The van der Waals surface area contributed by atoms with Crippen molar-refractivity contribution in [3.05, 3.63) is 64.2 Å². The number of pyridine rings is 2. The van der Waals surface area contributed by atoms with Gasteiger partial charge in [0.1, 0.15) is 0 Å². The van der Waals surface area contributed by atoms with E-state index in [0.29, 0.717) is 12.1 Å². The van der Waals surface area contributed by atoms with Gasteiger partial charge in [0.05, 0.1) is 12.2 Å². The molecule has 3 aromatic heterocycles. The van der Waals surface area contributed by atoms with Crippen LogP contribution in [0.15, 0.2) is 45.7 Å². The molecule has 0 radical (unpaired) electrons. The Morgan fingerprint density at radius 2 is 2.09 bits per heavy atom. The molecule has 0 saturated heterocycles. The fraction of sp³-hybridized carbons (Fsp3) is 0.200. The number of aryl methyl sites for hydroxylation is 1. The van der Waals surface area contributed by atoms with E-state index >= 15 is 0 Å². The molecule has 0 unspecified atom stereocenters. The largest absolute Gasteiger partial charge is 0.415 e. The molecule has 0 saturated carbocycles. The lowest BCUT2D eigenvalue weighted by molar-refractivity contribution is 0.116. The fourth-order valence-electron chi connectivity index (χ4n) is 2.07. The zero-order chi connectivity index (χ0) is 16.4. The van der Waals surface area contributed by atoms with Gasteiger partial charge in [-0.25, -0.2) is 0 Å². The monoisotopic (exact) mass is 318 g/mol. The molecule has 0 aliphatic carbocycles. The van der Waals surface area contributed by atoms with Gasteiger partial charge in [-0.3, -0.25) is 9.78 Å². The summed E-state index contributed by atoms with van der Waals surface area (Å²) in [5, 5.41) is 6.75.